The third-order valence-corrected chi connectivity index (χ3v) is 7.82. The molecule has 0 radical (unpaired) electrons. The number of nitrogens with one attached hydrogen (secondary N) is 3. The number of rotatable bonds is 7. The zero-order valence-corrected chi connectivity index (χ0v) is 21.0. The molecule has 0 bridgehead atoms. The second-order valence-electron chi connectivity index (χ2n) is 10.5. The molecule has 3 N–H and O–H groups in total. The van der Waals surface area contributed by atoms with Crippen molar-refractivity contribution in [3.05, 3.63) is 65.0 Å². The van der Waals surface area contributed by atoms with Gasteiger partial charge in [-0.25, -0.2) is 14.1 Å². The summed E-state index contributed by atoms with van der Waals surface area (Å²) in [5.74, 6) is -1.19. The average molecular weight is 507 g/mol. The zero-order valence-electron chi connectivity index (χ0n) is 21.0. The number of imide groups is 1. The minimum absolute atomic E-state index is 0.158. The maximum Gasteiger partial charge on any atom is 0.325 e. The van der Waals surface area contributed by atoms with Gasteiger partial charge in [-0.1, -0.05) is 25.1 Å². The minimum Gasteiger partial charge on any atom is -0.350 e. The Bertz CT molecular complexity index is 1260. The number of halogens is 1. The van der Waals surface area contributed by atoms with Crippen LogP contribution in [0.3, 0.4) is 0 Å². The summed E-state index contributed by atoms with van der Waals surface area (Å²) >= 11 is 0. The molecule has 1 heterocycles. The highest BCUT2D eigenvalue weighted by atomic mass is 19.1. The first-order valence-electron chi connectivity index (χ1n) is 12.7. The van der Waals surface area contributed by atoms with Crippen molar-refractivity contribution in [3.8, 4) is 0 Å². The van der Waals surface area contributed by atoms with Crippen LogP contribution < -0.4 is 16.0 Å². The Kier molecular flexibility index (Phi) is 6.47. The second kappa shape index (κ2) is 9.61. The lowest BCUT2D eigenvalue weighted by Crippen LogP contribution is -2.55. The fourth-order valence-corrected chi connectivity index (χ4v) is 5.62. The fraction of sp³-hybridized carbons (Fsp3) is 0.429. The van der Waals surface area contributed by atoms with Crippen LogP contribution in [-0.2, 0) is 33.8 Å². The second-order valence-corrected chi connectivity index (χ2v) is 10.5. The van der Waals surface area contributed by atoms with Gasteiger partial charge in [-0.2, -0.15) is 0 Å². The quantitative estimate of drug-likeness (QED) is 0.501. The molecule has 2 fully saturated rings. The van der Waals surface area contributed by atoms with Gasteiger partial charge in [-0.3, -0.25) is 14.4 Å². The van der Waals surface area contributed by atoms with Crippen LogP contribution in [0.1, 0.15) is 49.8 Å². The standard InChI is InChI=1S/C28H31FN4O4/c1-16(19-5-6-19)24(25(35)30-15-18-3-8-22(29)9-4-18)33-26(36)28(32-27(33)37)12-11-20-13-23(31-17(2)34)10-7-21(20)14-28/h3-4,7-10,13,16,19,24H,5-6,11-12,14-15H2,1-2H3,(H,30,35)(H,31,34)(H,32,37)/t16-,24?,28?/m0/s1. The number of hydrogen-bond acceptors (Lipinski definition) is 4. The van der Waals surface area contributed by atoms with E-state index in [9.17, 15) is 23.6 Å². The van der Waals surface area contributed by atoms with Crippen LogP contribution in [0.2, 0.25) is 0 Å². The topological polar surface area (TPSA) is 108 Å². The third-order valence-electron chi connectivity index (χ3n) is 7.82. The highest BCUT2D eigenvalue weighted by Crippen LogP contribution is 2.42. The van der Waals surface area contributed by atoms with Crippen LogP contribution in [-0.4, -0.2) is 40.2 Å². The lowest BCUT2D eigenvalue weighted by atomic mass is 9.77. The molecule has 8 nitrogen and oxygen atoms in total. The molecular weight excluding hydrogens is 475 g/mol. The van der Waals surface area contributed by atoms with E-state index in [0.717, 1.165) is 34.4 Å². The van der Waals surface area contributed by atoms with E-state index < -0.39 is 17.6 Å². The summed E-state index contributed by atoms with van der Waals surface area (Å²) in [6, 6.07) is 9.94. The Morgan fingerprint density at radius 2 is 1.86 bits per heavy atom. The molecule has 3 aliphatic rings. The summed E-state index contributed by atoms with van der Waals surface area (Å²) in [6.07, 6.45) is 3.21. The number of aryl methyl sites for hydroxylation is 1. The van der Waals surface area contributed by atoms with E-state index in [0.29, 0.717) is 24.9 Å². The summed E-state index contributed by atoms with van der Waals surface area (Å²) < 4.78 is 13.2. The first-order valence-corrected chi connectivity index (χ1v) is 12.7. The van der Waals surface area contributed by atoms with Crippen molar-refractivity contribution in [2.24, 2.45) is 11.8 Å². The summed E-state index contributed by atoms with van der Waals surface area (Å²) in [5.41, 5.74) is 2.28. The van der Waals surface area contributed by atoms with E-state index >= 15 is 0 Å². The van der Waals surface area contributed by atoms with Gasteiger partial charge in [-0.05, 0) is 78.5 Å². The molecule has 2 aliphatic carbocycles. The van der Waals surface area contributed by atoms with E-state index in [-0.39, 0.29) is 41.9 Å². The Morgan fingerprint density at radius 3 is 2.54 bits per heavy atom. The number of benzene rings is 2. The van der Waals surface area contributed by atoms with E-state index in [1.54, 1.807) is 18.2 Å². The number of carbonyl (C=O) groups excluding carboxylic acids is 4. The molecule has 3 atom stereocenters. The highest BCUT2D eigenvalue weighted by molar-refractivity contribution is 6.10. The average Bonchev–Trinajstić information content (AvgIpc) is 3.68. The third kappa shape index (κ3) is 4.95. The van der Waals surface area contributed by atoms with Gasteiger partial charge in [0.15, 0.2) is 0 Å². The van der Waals surface area contributed by atoms with Crippen molar-refractivity contribution in [3.63, 3.8) is 0 Å². The molecular formula is C28H31FN4O4. The zero-order chi connectivity index (χ0) is 26.3. The smallest absolute Gasteiger partial charge is 0.325 e. The molecule has 1 spiro atoms. The number of fused-ring (bicyclic) bond motifs is 1. The number of urea groups is 1. The van der Waals surface area contributed by atoms with Crippen LogP contribution in [0.4, 0.5) is 14.9 Å². The lowest BCUT2D eigenvalue weighted by Gasteiger charge is -2.34. The van der Waals surface area contributed by atoms with Crippen molar-refractivity contribution < 1.29 is 23.6 Å². The molecule has 2 aromatic rings. The number of hydrogen-bond donors (Lipinski definition) is 3. The molecule has 0 aromatic heterocycles. The minimum atomic E-state index is -1.10. The molecule has 9 heteroatoms. The number of amides is 5. The van der Waals surface area contributed by atoms with E-state index in [2.05, 4.69) is 16.0 Å². The van der Waals surface area contributed by atoms with E-state index in [4.69, 9.17) is 0 Å². The lowest BCUT2D eigenvalue weighted by molar-refractivity contribution is -0.140. The number of anilines is 1. The maximum atomic E-state index is 13.9. The Hall–Kier alpha value is -3.75. The first-order chi connectivity index (χ1) is 17.7. The van der Waals surface area contributed by atoms with Gasteiger partial charge >= 0.3 is 6.03 Å². The molecule has 1 aliphatic heterocycles. The molecule has 2 unspecified atom stereocenters. The van der Waals surface area contributed by atoms with Crippen molar-refractivity contribution in [1.82, 2.24) is 15.5 Å². The van der Waals surface area contributed by atoms with E-state index in [1.165, 1.54) is 19.1 Å². The Balaban J connectivity index is 1.36. The van der Waals surface area contributed by atoms with Gasteiger partial charge in [0.25, 0.3) is 5.91 Å². The normalized spacial score (nSPS) is 22.3. The Labute approximate surface area is 215 Å². The molecule has 194 valence electrons. The molecule has 37 heavy (non-hydrogen) atoms. The predicted molar refractivity (Wildman–Crippen MR) is 135 cm³/mol. The fourth-order valence-electron chi connectivity index (χ4n) is 5.62. The van der Waals surface area contributed by atoms with Crippen LogP contribution in [0, 0.1) is 17.7 Å². The van der Waals surface area contributed by atoms with Gasteiger partial charge in [-0.15, -0.1) is 0 Å². The van der Waals surface area contributed by atoms with Gasteiger partial charge in [0, 0.05) is 25.6 Å². The summed E-state index contributed by atoms with van der Waals surface area (Å²) in [7, 11) is 0. The van der Waals surface area contributed by atoms with Crippen molar-refractivity contribution >= 4 is 29.4 Å². The molecule has 5 amide bonds. The van der Waals surface area contributed by atoms with Crippen LogP contribution in [0.5, 0.6) is 0 Å². The largest absolute Gasteiger partial charge is 0.350 e. The maximum absolute atomic E-state index is 13.9. The number of carbonyl (C=O) groups is 4. The van der Waals surface area contributed by atoms with Crippen molar-refractivity contribution in [1.29, 1.82) is 0 Å². The summed E-state index contributed by atoms with van der Waals surface area (Å²) in [6.45, 7) is 3.54. The van der Waals surface area contributed by atoms with Gasteiger partial charge in [0.05, 0.1) is 0 Å². The van der Waals surface area contributed by atoms with E-state index in [1.807, 2.05) is 19.1 Å². The molecule has 2 aromatic carbocycles. The van der Waals surface area contributed by atoms with Gasteiger partial charge < -0.3 is 16.0 Å². The monoisotopic (exact) mass is 506 g/mol. The predicted octanol–water partition coefficient (Wildman–Crippen LogP) is 3.29. The van der Waals surface area contributed by atoms with Gasteiger partial charge in [0.2, 0.25) is 11.8 Å². The molecule has 1 saturated heterocycles. The van der Waals surface area contributed by atoms with Gasteiger partial charge in [0.1, 0.15) is 17.4 Å². The molecule has 5 rings (SSSR count). The molecule has 1 saturated carbocycles. The van der Waals surface area contributed by atoms with Crippen LogP contribution in [0.25, 0.3) is 0 Å². The van der Waals surface area contributed by atoms with Crippen molar-refractivity contribution in [2.75, 3.05) is 5.32 Å². The van der Waals surface area contributed by atoms with Crippen LogP contribution in [0.15, 0.2) is 42.5 Å². The first kappa shape index (κ1) is 24.9. The highest BCUT2D eigenvalue weighted by Gasteiger charge is 2.57. The van der Waals surface area contributed by atoms with Crippen LogP contribution >= 0.6 is 0 Å². The summed E-state index contributed by atoms with van der Waals surface area (Å²) in [5, 5.41) is 8.57. The van der Waals surface area contributed by atoms with Crippen molar-refractivity contribution in [2.45, 2.75) is 64.1 Å². The number of nitrogens with zero attached hydrogens (tertiary/aromatic N) is 1. The Morgan fingerprint density at radius 1 is 1.14 bits per heavy atom. The summed E-state index contributed by atoms with van der Waals surface area (Å²) in [4.78, 5) is 53.1. The SMILES string of the molecule is CC(=O)Nc1ccc2c(c1)CCC1(C2)NC(=O)N(C(C(=O)NCc2ccc(F)cc2)[C@@H](C)C2CC2)C1=O.